The van der Waals surface area contributed by atoms with Crippen LogP contribution in [0.4, 0.5) is 45.5 Å². The first-order valence-electron chi connectivity index (χ1n) is 18.5. The molecule has 57 heavy (non-hydrogen) atoms. The first-order chi connectivity index (χ1) is 27.4. The number of carbonyl (C=O) groups excluding carboxylic acids is 1. The van der Waals surface area contributed by atoms with Crippen molar-refractivity contribution < 1.29 is 28.2 Å². The smallest absolute Gasteiger partial charge is 0.335 e. The zero-order valence-corrected chi connectivity index (χ0v) is 33.7. The summed E-state index contributed by atoms with van der Waals surface area (Å²) in [5.41, 5.74) is 4.64. The summed E-state index contributed by atoms with van der Waals surface area (Å²) in [7, 11) is -2.73. The van der Waals surface area contributed by atoms with Crippen LogP contribution in [0.3, 0.4) is 0 Å². The van der Waals surface area contributed by atoms with Crippen LogP contribution in [0.1, 0.15) is 27.2 Å². The fourth-order valence-corrected chi connectivity index (χ4v) is 7.73. The van der Waals surface area contributed by atoms with Gasteiger partial charge in [0.2, 0.25) is 0 Å². The molecule has 0 N–H and O–H groups in total. The lowest BCUT2D eigenvalue weighted by molar-refractivity contribution is -0.385. The molecule has 16 nitrogen and oxygen atoms in total. The first kappa shape index (κ1) is 43.6. The van der Waals surface area contributed by atoms with E-state index < -0.39 is 24.4 Å². The number of nitrogens with zero attached hydrogens (tertiary/aromatic N) is 8. The van der Waals surface area contributed by atoms with Gasteiger partial charge in [0, 0.05) is 67.4 Å². The summed E-state index contributed by atoms with van der Waals surface area (Å²) in [6.45, 7) is 15.3. The second kappa shape index (κ2) is 21.8. The zero-order valence-electron chi connectivity index (χ0n) is 32.7. The van der Waals surface area contributed by atoms with Crippen molar-refractivity contribution in [3.8, 4) is 0 Å². The molecule has 0 aliphatic heterocycles. The molecule has 0 radical (unpaired) electrons. The Hall–Kier alpha value is -6.17. The molecule has 0 unspecified atom stereocenters. The Bertz CT molecular complexity index is 1870. The Morgan fingerprint density at radius 1 is 0.649 bits per heavy atom. The quantitative estimate of drug-likeness (QED) is 0.0133. The van der Waals surface area contributed by atoms with Crippen LogP contribution in [-0.4, -0.2) is 70.4 Å². The standard InChI is InChI=1S/C40H48N8O8Si/c1-6-45(36-17-9-32(10-18-36)41-43-34-13-21-38(22-14-34)47(50)51)25-28-55-57(5,30-8-27-54-40(49)31(3)4)56-29-26-46(7-2)37-19-11-33(12-20-37)42-44-35-15-23-39(24-16-35)48(52)53/h9-24H,3,6-8,25-30H2,1-2,4-5H3. The molecule has 4 aromatic carbocycles. The van der Waals surface area contributed by atoms with Crippen LogP contribution in [-0.2, 0) is 18.4 Å². The number of nitro groups is 2. The molecular formula is C40H48N8O8Si. The molecule has 0 bridgehead atoms. The van der Waals surface area contributed by atoms with Gasteiger partial charge in [0.25, 0.3) is 11.4 Å². The summed E-state index contributed by atoms with van der Waals surface area (Å²) in [6, 6.07) is 27.7. The molecule has 0 spiro atoms. The maximum absolute atomic E-state index is 12.0. The summed E-state index contributed by atoms with van der Waals surface area (Å²) in [5, 5.41) is 38.7. The van der Waals surface area contributed by atoms with Crippen LogP contribution in [0.25, 0.3) is 0 Å². The zero-order chi connectivity index (χ0) is 41.2. The molecule has 0 aromatic heterocycles. The fraction of sp³-hybridized carbons (Fsp3) is 0.325. The van der Waals surface area contributed by atoms with E-state index in [-0.39, 0.29) is 18.0 Å². The number of rotatable bonds is 23. The molecule has 0 heterocycles. The van der Waals surface area contributed by atoms with E-state index in [1.807, 2.05) is 55.1 Å². The van der Waals surface area contributed by atoms with E-state index in [1.54, 1.807) is 31.2 Å². The van der Waals surface area contributed by atoms with Crippen molar-refractivity contribution in [1.29, 1.82) is 0 Å². The topological polar surface area (TPSA) is 187 Å². The number of azo groups is 2. The largest absolute Gasteiger partial charge is 0.462 e. The molecule has 0 saturated carbocycles. The van der Waals surface area contributed by atoms with Crippen LogP contribution in [0.2, 0.25) is 12.6 Å². The molecule has 300 valence electrons. The van der Waals surface area contributed by atoms with E-state index in [4.69, 9.17) is 13.6 Å². The number of anilines is 2. The lowest BCUT2D eigenvalue weighted by atomic mass is 10.2. The van der Waals surface area contributed by atoms with Crippen LogP contribution in [0.15, 0.2) is 130 Å². The van der Waals surface area contributed by atoms with Gasteiger partial charge in [-0.1, -0.05) is 6.58 Å². The molecule has 4 aromatic rings. The minimum atomic E-state index is -2.73. The van der Waals surface area contributed by atoms with E-state index in [0.29, 0.717) is 67.1 Å². The maximum Gasteiger partial charge on any atom is 0.335 e. The van der Waals surface area contributed by atoms with Crippen molar-refractivity contribution in [2.45, 2.75) is 39.8 Å². The van der Waals surface area contributed by atoms with Crippen LogP contribution in [0, 0.1) is 20.2 Å². The Morgan fingerprint density at radius 2 is 1.00 bits per heavy atom. The third-order valence-corrected chi connectivity index (χ3v) is 11.7. The Kier molecular flexibility index (Phi) is 16.7. The number of esters is 1. The number of benzene rings is 4. The Morgan fingerprint density at radius 3 is 1.32 bits per heavy atom. The van der Waals surface area contributed by atoms with Gasteiger partial charge in [0.1, 0.15) is 0 Å². The molecule has 0 aliphatic carbocycles. The van der Waals surface area contributed by atoms with Gasteiger partial charge in [0.15, 0.2) is 0 Å². The lowest BCUT2D eigenvalue weighted by Gasteiger charge is -2.31. The minimum Gasteiger partial charge on any atom is -0.462 e. The number of likely N-dealkylation sites (N-methyl/N-ethyl adjacent to an activating group) is 2. The highest BCUT2D eigenvalue weighted by molar-refractivity contribution is 6.66. The summed E-state index contributed by atoms with van der Waals surface area (Å²) < 4.78 is 18.5. The van der Waals surface area contributed by atoms with Crippen LogP contribution in [0.5, 0.6) is 0 Å². The van der Waals surface area contributed by atoms with Crippen molar-refractivity contribution in [1.82, 2.24) is 0 Å². The van der Waals surface area contributed by atoms with Crippen molar-refractivity contribution in [2.24, 2.45) is 20.5 Å². The van der Waals surface area contributed by atoms with E-state index >= 15 is 0 Å². The monoisotopic (exact) mass is 796 g/mol. The number of carbonyl (C=O) groups is 1. The number of nitro benzene ring substituents is 2. The molecule has 0 atom stereocenters. The van der Waals surface area contributed by atoms with Crippen molar-refractivity contribution >= 4 is 60.0 Å². The minimum absolute atomic E-state index is 0.00615. The molecule has 0 saturated heterocycles. The SMILES string of the molecule is C=C(C)C(=O)OCCC[Si](C)(OCCN(CC)c1ccc(N=Nc2ccc([N+](=O)[O-])cc2)cc1)OCCN(CC)c1ccc(N=Nc2ccc([N+](=O)[O-])cc2)cc1. The van der Waals surface area contributed by atoms with Crippen molar-refractivity contribution in [3.63, 3.8) is 0 Å². The average molecular weight is 797 g/mol. The van der Waals surface area contributed by atoms with Gasteiger partial charge in [-0.2, -0.15) is 20.5 Å². The Labute approximate surface area is 333 Å². The van der Waals surface area contributed by atoms with E-state index in [2.05, 4.69) is 50.7 Å². The molecular weight excluding hydrogens is 749 g/mol. The van der Waals surface area contributed by atoms with Gasteiger partial charge >= 0.3 is 14.5 Å². The van der Waals surface area contributed by atoms with E-state index in [0.717, 1.165) is 24.5 Å². The fourth-order valence-electron chi connectivity index (χ4n) is 5.52. The second-order valence-electron chi connectivity index (χ2n) is 13.0. The molecule has 0 aliphatic rings. The number of hydrogen-bond donors (Lipinski definition) is 0. The van der Waals surface area contributed by atoms with Gasteiger partial charge in [0.05, 0.1) is 52.4 Å². The lowest BCUT2D eigenvalue weighted by Crippen LogP contribution is -2.43. The molecule has 4 rings (SSSR count). The Balaban J connectivity index is 1.33. The van der Waals surface area contributed by atoms with E-state index in [9.17, 15) is 25.0 Å². The highest BCUT2D eigenvalue weighted by Crippen LogP contribution is 2.26. The summed E-state index contributed by atoms with van der Waals surface area (Å²) in [6.07, 6.45) is 0.586. The van der Waals surface area contributed by atoms with E-state index in [1.165, 1.54) is 24.3 Å². The van der Waals surface area contributed by atoms with Gasteiger partial charge in [-0.05, 0) is 113 Å². The predicted molar refractivity (Wildman–Crippen MR) is 222 cm³/mol. The van der Waals surface area contributed by atoms with Crippen LogP contribution < -0.4 is 9.80 Å². The van der Waals surface area contributed by atoms with Gasteiger partial charge in [-0.25, -0.2) is 4.79 Å². The summed E-state index contributed by atoms with van der Waals surface area (Å²) >= 11 is 0. The second-order valence-corrected chi connectivity index (χ2v) is 16.3. The average Bonchev–Trinajstić information content (AvgIpc) is 3.22. The van der Waals surface area contributed by atoms with Crippen molar-refractivity contribution in [2.75, 3.05) is 55.8 Å². The highest BCUT2D eigenvalue weighted by Gasteiger charge is 2.32. The van der Waals surface area contributed by atoms with Gasteiger partial charge in [-0.15, -0.1) is 0 Å². The first-order valence-corrected chi connectivity index (χ1v) is 21.0. The number of non-ortho nitro benzene ring substituents is 2. The van der Waals surface area contributed by atoms with Crippen molar-refractivity contribution in [3.05, 3.63) is 129 Å². The van der Waals surface area contributed by atoms with Gasteiger partial charge < -0.3 is 23.4 Å². The van der Waals surface area contributed by atoms with Gasteiger partial charge in [-0.3, -0.25) is 20.2 Å². The predicted octanol–water partition coefficient (Wildman–Crippen LogP) is 10.3. The maximum atomic E-state index is 12.0. The highest BCUT2D eigenvalue weighted by atomic mass is 28.4. The summed E-state index contributed by atoms with van der Waals surface area (Å²) in [4.78, 5) is 37.2. The summed E-state index contributed by atoms with van der Waals surface area (Å²) in [5.74, 6) is -0.421. The molecule has 0 amide bonds. The van der Waals surface area contributed by atoms with Crippen LogP contribution >= 0.6 is 0 Å². The number of hydrogen-bond acceptors (Lipinski definition) is 14. The third-order valence-electron chi connectivity index (χ3n) is 8.77. The molecule has 0 fully saturated rings. The normalized spacial score (nSPS) is 12.4. The third kappa shape index (κ3) is 14.1. The molecule has 17 heteroatoms. The number of ether oxygens (including phenoxy) is 1.